The number of hydrogen-bond donors (Lipinski definition) is 0. The molecular formula is C20H22. The van der Waals surface area contributed by atoms with Gasteiger partial charge in [-0.15, -0.1) is 0 Å². The summed E-state index contributed by atoms with van der Waals surface area (Å²) in [6.07, 6.45) is 22.7. The predicted molar refractivity (Wildman–Crippen MR) is 92.4 cm³/mol. The Kier molecular flexibility index (Phi) is 8.31. The molecule has 2 aliphatic carbocycles. The molecule has 102 valence electrons. The molecule has 0 fully saturated rings. The molecule has 3 rings (SSSR count). The summed E-state index contributed by atoms with van der Waals surface area (Å²) < 4.78 is 0. The highest BCUT2D eigenvalue weighted by Gasteiger charge is 1.89. The first-order chi connectivity index (χ1) is 9.88. The van der Waals surface area contributed by atoms with E-state index in [4.69, 9.17) is 0 Å². The zero-order valence-electron chi connectivity index (χ0n) is 11.9. The van der Waals surface area contributed by atoms with Crippen LogP contribution in [0.2, 0.25) is 0 Å². The van der Waals surface area contributed by atoms with Crippen LogP contribution in [0.5, 0.6) is 0 Å². The van der Waals surface area contributed by atoms with Crippen LogP contribution in [-0.4, -0.2) is 0 Å². The van der Waals surface area contributed by atoms with E-state index < -0.39 is 0 Å². The zero-order chi connectivity index (χ0) is 14.5. The van der Waals surface area contributed by atoms with Gasteiger partial charge >= 0.3 is 0 Å². The quantitative estimate of drug-likeness (QED) is 0.615. The molecule has 0 N–H and O–H groups in total. The van der Waals surface area contributed by atoms with Gasteiger partial charge in [0, 0.05) is 0 Å². The summed E-state index contributed by atoms with van der Waals surface area (Å²) in [6, 6.07) is 8.02. The third kappa shape index (κ3) is 6.55. The minimum Gasteiger partial charge on any atom is -0.0984 e. The zero-order valence-corrected chi connectivity index (χ0v) is 11.9. The summed E-state index contributed by atoms with van der Waals surface area (Å²) in [4.78, 5) is 0. The van der Waals surface area contributed by atoms with Gasteiger partial charge in [-0.1, -0.05) is 98.2 Å². The molecule has 0 aliphatic heterocycles. The monoisotopic (exact) mass is 262 g/mol. The molecule has 1 aromatic rings. The van der Waals surface area contributed by atoms with Gasteiger partial charge in [-0.05, 0) is 24.0 Å². The Balaban J connectivity index is 0.000000167. The lowest BCUT2D eigenvalue weighted by Gasteiger charge is -1.96. The molecule has 0 aromatic heterocycles. The first-order valence-corrected chi connectivity index (χ1v) is 6.85. The van der Waals surface area contributed by atoms with Crippen molar-refractivity contribution in [2.24, 2.45) is 0 Å². The van der Waals surface area contributed by atoms with E-state index in [0.717, 1.165) is 24.0 Å². The molecule has 20 heavy (non-hydrogen) atoms. The molecule has 0 saturated heterocycles. The molecule has 0 heterocycles. The van der Waals surface area contributed by atoms with Crippen molar-refractivity contribution in [1.29, 1.82) is 0 Å². The van der Waals surface area contributed by atoms with Gasteiger partial charge in [0.05, 0.1) is 0 Å². The van der Waals surface area contributed by atoms with Crippen LogP contribution in [0.1, 0.15) is 24.0 Å². The number of rotatable bonds is 2. The standard InChI is InChI=1S/C10H10.2C5H6/c1-3-9-7-5-6-8-10(9)4-2;2*1-2-4-5-3-1/h3-8H,1-2H2;2*1-4H,5H2. The summed E-state index contributed by atoms with van der Waals surface area (Å²) in [7, 11) is 0. The second kappa shape index (κ2) is 10.6. The summed E-state index contributed by atoms with van der Waals surface area (Å²) >= 11 is 0. The van der Waals surface area contributed by atoms with Crippen LogP contribution in [0.3, 0.4) is 0 Å². The Morgan fingerprint density at radius 2 is 1.00 bits per heavy atom. The maximum atomic E-state index is 3.69. The van der Waals surface area contributed by atoms with Gasteiger partial charge in [-0.25, -0.2) is 0 Å². The SMILES string of the molecule is C1=CCC=C1.C1=CCC=C1.C=Cc1ccccc1C=C. The van der Waals surface area contributed by atoms with Gasteiger partial charge in [-0.3, -0.25) is 0 Å². The summed E-state index contributed by atoms with van der Waals surface area (Å²) in [5, 5.41) is 0. The van der Waals surface area contributed by atoms with E-state index in [1.807, 2.05) is 36.4 Å². The fourth-order valence-corrected chi connectivity index (χ4v) is 1.67. The normalized spacial score (nSPS) is 13.2. The Morgan fingerprint density at radius 1 is 0.650 bits per heavy atom. The van der Waals surface area contributed by atoms with Gasteiger partial charge in [0.25, 0.3) is 0 Å². The molecular weight excluding hydrogens is 240 g/mol. The number of allylic oxidation sites excluding steroid dienone is 8. The average Bonchev–Trinajstić information content (AvgIpc) is 3.23. The topological polar surface area (TPSA) is 0 Å². The van der Waals surface area contributed by atoms with Crippen molar-refractivity contribution in [3.63, 3.8) is 0 Å². The van der Waals surface area contributed by atoms with E-state index in [9.17, 15) is 0 Å². The van der Waals surface area contributed by atoms with Crippen LogP contribution >= 0.6 is 0 Å². The first-order valence-electron chi connectivity index (χ1n) is 6.85. The van der Waals surface area contributed by atoms with Gasteiger partial charge in [-0.2, -0.15) is 0 Å². The van der Waals surface area contributed by atoms with E-state index in [2.05, 4.69) is 61.8 Å². The first kappa shape index (κ1) is 15.7. The minimum atomic E-state index is 1.14. The Hall–Kier alpha value is -2.34. The molecule has 0 heteroatoms. The number of hydrogen-bond acceptors (Lipinski definition) is 0. The average molecular weight is 262 g/mol. The molecule has 0 spiro atoms. The molecule has 0 amide bonds. The van der Waals surface area contributed by atoms with E-state index in [-0.39, 0.29) is 0 Å². The maximum Gasteiger partial charge on any atom is -0.0163 e. The fraction of sp³-hybridized carbons (Fsp3) is 0.100. The van der Waals surface area contributed by atoms with Crippen LogP contribution in [0, 0.1) is 0 Å². The molecule has 0 unspecified atom stereocenters. The third-order valence-electron chi connectivity index (χ3n) is 2.75. The second-order valence-electron chi connectivity index (χ2n) is 4.22. The lowest BCUT2D eigenvalue weighted by Crippen LogP contribution is -1.76. The van der Waals surface area contributed by atoms with Crippen molar-refractivity contribution in [2.45, 2.75) is 12.8 Å². The van der Waals surface area contributed by atoms with Crippen LogP contribution in [0.15, 0.2) is 86.0 Å². The Labute approximate surface area is 122 Å². The van der Waals surface area contributed by atoms with Crippen molar-refractivity contribution in [3.05, 3.63) is 97.2 Å². The highest BCUT2D eigenvalue weighted by Crippen LogP contribution is 2.10. The van der Waals surface area contributed by atoms with E-state index in [1.165, 1.54) is 0 Å². The molecule has 0 saturated carbocycles. The molecule has 0 bridgehead atoms. The summed E-state index contributed by atoms with van der Waals surface area (Å²) in [6.45, 7) is 7.38. The molecule has 2 aliphatic rings. The Bertz CT molecular complexity index is 456. The molecule has 0 radical (unpaired) electrons. The van der Waals surface area contributed by atoms with Crippen LogP contribution in [0.4, 0.5) is 0 Å². The summed E-state index contributed by atoms with van der Waals surface area (Å²) in [5.74, 6) is 0. The van der Waals surface area contributed by atoms with Crippen LogP contribution < -0.4 is 0 Å². The van der Waals surface area contributed by atoms with E-state index in [0.29, 0.717) is 0 Å². The largest absolute Gasteiger partial charge is 0.0984 e. The van der Waals surface area contributed by atoms with Crippen molar-refractivity contribution in [3.8, 4) is 0 Å². The van der Waals surface area contributed by atoms with Crippen molar-refractivity contribution in [1.82, 2.24) is 0 Å². The van der Waals surface area contributed by atoms with Gasteiger partial charge in [0.15, 0.2) is 0 Å². The van der Waals surface area contributed by atoms with Crippen LogP contribution in [0.25, 0.3) is 12.2 Å². The lowest BCUT2D eigenvalue weighted by molar-refractivity contribution is 1.45. The maximum absolute atomic E-state index is 3.69. The Morgan fingerprint density at radius 3 is 1.20 bits per heavy atom. The third-order valence-corrected chi connectivity index (χ3v) is 2.75. The van der Waals surface area contributed by atoms with E-state index in [1.54, 1.807) is 0 Å². The smallest absolute Gasteiger partial charge is 0.0163 e. The second-order valence-corrected chi connectivity index (χ2v) is 4.22. The predicted octanol–water partition coefficient (Wildman–Crippen LogP) is 5.98. The van der Waals surface area contributed by atoms with Gasteiger partial charge in [0.2, 0.25) is 0 Å². The van der Waals surface area contributed by atoms with Gasteiger partial charge in [0.1, 0.15) is 0 Å². The van der Waals surface area contributed by atoms with Crippen LogP contribution in [-0.2, 0) is 0 Å². The molecule has 1 aromatic carbocycles. The van der Waals surface area contributed by atoms with Gasteiger partial charge < -0.3 is 0 Å². The van der Waals surface area contributed by atoms with E-state index >= 15 is 0 Å². The number of benzene rings is 1. The van der Waals surface area contributed by atoms with Crippen molar-refractivity contribution < 1.29 is 0 Å². The minimum absolute atomic E-state index is 1.14. The molecule has 0 nitrogen and oxygen atoms in total. The molecule has 0 atom stereocenters. The van der Waals surface area contributed by atoms with Crippen molar-refractivity contribution >= 4 is 12.2 Å². The highest BCUT2D eigenvalue weighted by molar-refractivity contribution is 5.63. The summed E-state index contributed by atoms with van der Waals surface area (Å²) in [5.41, 5.74) is 2.27. The lowest BCUT2D eigenvalue weighted by atomic mass is 10.1. The fourth-order valence-electron chi connectivity index (χ4n) is 1.67. The van der Waals surface area contributed by atoms with Crippen molar-refractivity contribution in [2.75, 3.05) is 0 Å². The highest BCUT2D eigenvalue weighted by atomic mass is 13.9.